The predicted molar refractivity (Wildman–Crippen MR) is 168 cm³/mol. The first-order chi connectivity index (χ1) is 18.8. The maximum Gasteiger partial charge on any atom is 0.219 e. The molecule has 1 N–H and O–H groups in total. The minimum Gasteiger partial charge on any atom is -0.359 e. The molecule has 0 aliphatic heterocycles. The van der Waals surface area contributed by atoms with Crippen molar-refractivity contribution in [1.82, 2.24) is 5.32 Å². The van der Waals surface area contributed by atoms with Crippen molar-refractivity contribution in [2.75, 3.05) is 7.05 Å². The zero-order chi connectivity index (χ0) is 31.4. The monoisotopic (exact) mass is 566 g/mol. The maximum atomic E-state index is 13.0. The molecule has 0 saturated heterocycles. The summed E-state index contributed by atoms with van der Waals surface area (Å²) in [6, 6.07) is 2.16. The molecule has 0 aromatic heterocycles. The van der Waals surface area contributed by atoms with Crippen molar-refractivity contribution in [1.29, 1.82) is 5.26 Å². The number of hydrogen-bond acceptors (Lipinski definition) is 4. The van der Waals surface area contributed by atoms with Gasteiger partial charge >= 0.3 is 0 Å². The van der Waals surface area contributed by atoms with Crippen LogP contribution in [-0.2, 0) is 14.4 Å². The summed E-state index contributed by atoms with van der Waals surface area (Å²) in [6.07, 6.45) is 13.4. The zero-order valence-corrected chi connectivity index (χ0v) is 28.1. The summed E-state index contributed by atoms with van der Waals surface area (Å²) in [4.78, 5) is 37.9. The van der Waals surface area contributed by atoms with Crippen molar-refractivity contribution < 1.29 is 14.4 Å². The van der Waals surface area contributed by atoms with Gasteiger partial charge in [-0.05, 0) is 91.9 Å². The number of nitrogens with zero attached hydrogens (tertiary/aromatic N) is 1. The summed E-state index contributed by atoms with van der Waals surface area (Å²) < 4.78 is 0. The van der Waals surface area contributed by atoms with Crippen LogP contribution in [0.2, 0.25) is 0 Å². The Morgan fingerprint density at radius 2 is 1.68 bits per heavy atom. The molecule has 0 aromatic carbocycles. The second-order valence-electron chi connectivity index (χ2n) is 15.5. The first-order valence-corrected chi connectivity index (χ1v) is 15.9. The summed E-state index contributed by atoms with van der Waals surface area (Å²) in [5, 5.41) is 12.6. The molecule has 0 bridgehead atoms. The lowest BCUT2D eigenvalue weighted by molar-refractivity contribution is -0.123. The highest BCUT2D eigenvalue weighted by atomic mass is 16.1. The molecule has 41 heavy (non-hydrogen) atoms. The highest BCUT2D eigenvalue weighted by Gasteiger charge is 2.58. The third-order valence-electron chi connectivity index (χ3n) is 11.5. The molecule has 0 radical (unpaired) electrons. The lowest BCUT2D eigenvalue weighted by atomic mass is 9.44. The fraction of sp³-hybridized carbons (Fsp3) is 0.778. The molecule has 0 spiro atoms. The summed E-state index contributed by atoms with van der Waals surface area (Å²) in [5.74, 6) is -0.150. The van der Waals surface area contributed by atoms with Gasteiger partial charge in [-0.25, -0.2) is 0 Å². The molecule has 1 fully saturated rings. The number of nitriles is 1. The van der Waals surface area contributed by atoms with E-state index >= 15 is 0 Å². The number of carbonyl (C=O) groups is 3. The van der Waals surface area contributed by atoms with Gasteiger partial charge < -0.3 is 5.32 Å². The van der Waals surface area contributed by atoms with E-state index in [1.807, 2.05) is 19.1 Å². The number of allylic oxidation sites excluding steroid dienone is 4. The Kier molecular flexibility index (Phi) is 11.1. The van der Waals surface area contributed by atoms with Crippen molar-refractivity contribution in [3.63, 3.8) is 0 Å². The van der Waals surface area contributed by atoms with Gasteiger partial charge in [0.05, 0.1) is 5.57 Å². The average Bonchev–Trinajstić information content (AvgIpc) is 2.89. The number of rotatable bonds is 13. The highest BCUT2D eigenvalue weighted by Crippen LogP contribution is 2.65. The van der Waals surface area contributed by atoms with E-state index in [-0.39, 0.29) is 56.5 Å². The largest absolute Gasteiger partial charge is 0.359 e. The fourth-order valence-electron chi connectivity index (χ4n) is 7.98. The Morgan fingerprint density at radius 1 is 1.07 bits per heavy atom. The molecule has 5 atom stereocenters. The fourth-order valence-corrected chi connectivity index (χ4v) is 7.98. The van der Waals surface area contributed by atoms with Crippen molar-refractivity contribution in [2.24, 2.45) is 38.9 Å². The first-order valence-electron chi connectivity index (χ1n) is 15.9. The van der Waals surface area contributed by atoms with Gasteiger partial charge in [0.15, 0.2) is 11.6 Å². The van der Waals surface area contributed by atoms with Crippen molar-refractivity contribution >= 4 is 17.5 Å². The van der Waals surface area contributed by atoms with E-state index in [9.17, 15) is 19.6 Å². The molecule has 230 valence electrons. The number of nitrogens with one attached hydrogen (secondary N) is 1. The van der Waals surface area contributed by atoms with Crippen molar-refractivity contribution in [3.8, 4) is 6.07 Å². The first kappa shape index (κ1) is 35.0. The van der Waals surface area contributed by atoms with E-state index in [1.165, 1.54) is 12.8 Å². The molecule has 1 amide bonds. The van der Waals surface area contributed by atoms with Gasteiger partial charge in [0, 0.05) is 24.8 Å². The quantitative estimate of drug-likeness (QED) is 0.226. The molecule has 0 heterocycles. The molecule has 0 aromatic rings. The molecule has 2 aliphatic rings. The van der Waals surface area contributed by atoms with E-state index in [4.69, 9.17) is 0 Å². The normalized spacial score (nSPS) is 29.3. The Hall–Kier alpha value is -2.22. The Labute approximate surface area is 251 Å². The Balaban J connectivity index is 2.48. The molecule has 0 unspecified atom stereocenters. The molecule has 5 heteroatoms. The van der Waals surface area contributed by atoms with Crippen LogP contribution in [0.5, 0.6) is 0 Å². The number of hydrogen-bond donors (Lipinski definition) is 1. The average molecular weight is 567 g/mol. The number of amides is 1. The van der Waals surface area contributed by atoms with Crippen LogP contribution < -0.4 is 5.32 Å². The molecule has 1 saturated carbocycles. The minimum atomic E-state index is -0.527. The van der Waals surface area contributed by atoms with Crippen LogP contribution in [-0.4, -0.2) is 24.5 Å². The lowest BCUT2D eigenvalue weighted by Gasteiger charge is -2.59. The zero-order valence-electron chi connectivity index (χ0n) is 28.1. The molecule has 2 rings (SSSR count). The van der Waals surface area contributed by atoms with Gasteiger partial charge in [-0.15, -0.1) is 0 Å². The van der Waals surface area contributed by atoms with E-state index in [0.29, 0.717) is 6.42 Å². The number of fused-ring (bicyclic) bond motifs is 1. The van der Waals surface area contributed by atoms with Crippen LogP contribution in [0.1, 0.15) is 133 Å². The number of Topliss-reactive ketones (excluding diaryl/α,β-unsaturated/α-hetero) is 1. The third-order valence-corrected chi connectivity index (χ3v) is 11.5. The van der Waals surface area contributed by atoms with Crippen molar-refractivity contribution in [2.45, 2.75) is 133 Å². The van der Waals surface area contributed by atoms with E-state index in [0.717, 1.165) is 50.5 Å². The van der Waals surface area contributed by atoms with Crippen LogP contribution in [0.3, 0.4) is 0 Å². The van der Waals surface area contributed by atoms with Gasteiger partial charge in [0.1, 0.15) is 6.07 Å². The van der Waals surface area contributed by atoms with Gasteiger partial charge in [0.25, 0.3) is 0 Å². The van der Waals surface area contributed by atoms with Crippen LogP contribution in [0.15, 0.2) is 23.3 Å². The standard InChI is InChI=1S/C36H58N2O3/c1-12-15-32(4,5)18-20-34(8,16-14-30(40)38-11)21-19-33(6,7)36(10)17-13-28-26(3)31(41)27(24-37)23-35(28,9)29(36)22-25(2)39/h22-23,26,28H,12-21H2,1-11H3,(H,38,40)/b29-22-/t26-,28-,34-,35-,36+/m0/s1. The third kappa shape index (κ3) is 7.60. The van der Waals surface area contributed by atoms with Crippen LogP contribution in [0.4, 0.5) is 0 Å². The minimum absolute atomic E-state index is 0.00827. The van der Waals surface area contributed by atoms with E-state index in [2.05, 4.69) is 66.8 Å². The van der Waals surface area contributed by atoms with Crippen LogP contribution >= 0.6 is 0 Å². The molecule has 5 nitrogen and oxygen atoms in total. The summed E-state index contributed by atoms with van der Waals surface area (Å²) >= 11 is 0. The van der Waals surface area contributed by atoms with Crippen LogP contribution in [0, 0.1) is 50.2 Å². The summed E-state index contributed by atoms with van der Waals surface area (Å²) in [6.45, 7) is 22.0. The van der Waals surface area contributed by atoms with Gasteiger partial charge in [0.2, 0.25) is 5.91 Å². The summed E-state index contributed by atoms with van der Waals surface area (Å²) in [5.41, 5.74) is 0.628. The van der Waals surface area contributed by atoms with Crippen molar-refractivity contribution in [3.05, 3.63) is 23.3 Å². The molecule has 2 aliphatic carbocycles. The second-order valence-corrected chi connectivity index (χ2v) is 15.5. The highest BCUT2D eigenvalue weighted by molar-refractivity contribution is 6.02. The van der Waals surface area contributed by atoms with Gasteiger partial charge in [-0.3, -0.25) is 14.4 Å². The topological polar surface area (TPSA) is 87.0 Å². The smallest absolute Gasteiger partial charge is 0.219 e. The van der Waals surface area contributed by atoms with Gasteiger partial charge in [-0.2, -0.15) is 5.26 Å². The molecular weight excluding hydrogens is 508 g/mol. The van der Waals surface area contributed by atoms with Gasteiger partial charge in [-0.1, -0.05) is 80.4 Å². The van der Waals surface area contributed by atoms with Crippen LogP contribution in [0.25, 0.3) is 0 Å². The Bertz CT molecular complexity index is 1110. The number of carbonyl (C=O) groups excluding carboxylic acids is 3. The lowest BCUT2D eigenvalue weighted by Crippen LogP contribution is -2.52. The second kappa shape index (κ2) is 13.0. The Morgan fingerprint density at radius 3 is 2.22 bits per heavy atom. The van der Waals surface area contributed by atoms with E-state index in [1.54, 1.807) is 14.0 Å². The summed E-state index contributed by atoms with van der Waals surface area (Å²) in [7, 11) is 1.71. The van der Waals surface area contributed by atoms with E-state index < -0.39 is 5.41 Å². The number of ketones is 2. The predicted octanol–water partition coefficient (Wildman–Crippen LogP) is 8.54. The maximum absolute atomic E-state index is 13.0. The SMILES string of the molecule is CCCC(C)(C)CC[C@](C)(CCC(=O)NC)CCC(C)(C)[C@]1(C)CC[C@H]2[C@H](C)C(=O)C(C#N)=C[C@]2(C)/C1=C/C(C)=O. The molecular formula is C36H58N2O3.